The molecule has 0 saturated carbocycles. The minimum Gasteiger partial charge on any atom is -0.379 e. The van der Waals surface area contributed by atoms with Crippen molar-refractivity contribution in [3.63, 3.8) is 0 Å². The number of hydrogen-bond acceptors (Lipinski definition) is 4. The average molecular weight is 348 g/mol. The number of carbonyl (C=O) groups is 1. The maximum Gasteiger partial charge on any atom is 0.223 e. The number of morpholine rings is 1. The highest BCUT2D eigenvalue weighted by molar-refractivity contribution is 5.78. The fraction of sp³-hybridized carbons (Fsp3) is 0.650. The number of carbonyl (C=O) groups excluding carboxylic acids is 1. The van der Waals surface area contributed by atoms with Crippen molar-refractivity contribution in [1.29, 1.82) is 0 Å². The zero-order valence-corrected chi connectivity index (χ0v) is 16.1. The van der Waals surface area contributed by atoms with Gasteiger partial charge in [-0.2, -0.15) is 0 Å². The van der Waals surface area contributed by atoms with Crippen LogP contribution >= 0.6 is 0 Å². The molecule has 2 rings (SSSR count). The van der Waals surface area contributed by atoms with Gasteiger partial charge in [0.2, 0.25) is 5.91 Å². The molecule has 1 aromatic rings. The molecule has 1 fully saturated rings. The van der Waals surface area contributed by atoms with Gasteiger partial charge < -0.3 is 15.0 Å². The molecule has 25 heavy (non-hydrogen) atoms. The van der Waals surface area contributed by atoms with E-state index in [1.165, 1.54) is 11.3 Å². The van der Waals surface area contributed by atoms with Gasteiger partial charge in [0.1, 0.15) is 0 Å². The number of hydrogen-bond donors (Lipinski definition) is 1. The van der Waals surface area contributed by atoms with Gasteiger partial charge in [-0.05, 0) is 30.5 Å². The molecular weight excluding hydrogens is 314 g/mol. The Morgan fingerprint density at radius 2 is 1.76 bits per heavy atom. The minimum absolute atomic E-state index is 0.112. The van der Waals surface area contributed by atoms with Gasteiger partial charge in [0.15, 0.2) is 0 Å². The van der Waals surface area contributed by atoms with Gasteiger partial charge in [-0.1, -0.05) is 26.0 Å². The van der Waals surface area contributed by atoms with Crippen LogP contribution in [-0.2, 0) is 9.53 Å². The van der Waals surface area contributed by atoms with Crippen molar-refractivity contribution < 1.29 is 9.53 Å². The second kappa shape index (κ2) is 9.78. The van der Waals surface area contributed by atoms with Crippen LogP contribution in [-0.4, -0.2) is 57.8 Å². The molecule has 1 heterocycles. The molecule has 1 aliphatic rings. The van der Waals surface area contributed by atoms with Gasteiger partial charge in [-0.15, -0.1) is 0 Å². The predicted molar refractivity (Wildman–Crippen MR) is 103 cm³/mol. The van der Waals surface area contributed by atoms with E-state index >= 15 is 0 Å². The zero-order chi connectivity index (χ0) is 18.2. The topological polar surface area (TPSA) is 44.8 Å². The zero-order valence-electron chi connectivity index (χ0n) is 16.1. The summed E-state index contributed by atoms with van der Waals surface area (Å²) in [5.41, 5.74) is 2.43. The third kappa shape index (κ3) is 5.44. The Morgan fingerprint density at radius 3 is 2.28 bits per heavy atom. The third-order valence-corrected chi connectivity index (χ3v) is 5.11. The number of nitrogens with zero attached hydrogens (tertiary/aromatic N) is 2. The maximum absolute atomic E-state index is 12.4. The summed E-state index contributed by atoms with van der Waals surface area (Å²) in [5, 5.41) is 3.19. The number of benzene rings is 1. The van der Waals surface area contributed by atoms with Gasteiger partial charge >= 0.3 is 0 Å². The van der Waals surface area contributed by atoms with Crippen LogP contribution in [0.2, 0.25) is 0 Å². The van der Waals surface area contributed by atoms with Gasteiger partial charge in [-0.25, -0.2) is 0 Å². The highest BCUT2D eigenvalue weighted by Crippen LogP contribution is 2.24. The summed E-state index contributed by atoms with van der Waals surface area (Å²) in [6.07, 6.45) is 1.78. The Bertz CT molecular complexity index is 520. The Kier molecular flexibility index (Phi) is 7.72. The van der Waals surface area contributed by atoms with Gasteiger partial charge in [0.25, 0.3) is 0 Å². The predicted octanol–water partition coefficient (Wildman–Crippen LogP) is 2.68. The molecule has 0 radical (unpaired) electrons. The first kappa shape index (κ1) is 19.7. The van der Waals surface area contributed by atoms with E-state index in [2.05, 4.69) is 53.2 Å². The van der Waals surface area contributed by atoms with E-state index in [4.69, 9.17) is 4.74 Å². The van der Waals surface area contributed by atoms with Crippen LogP contribution in [0.25, 0.3) is 0 Å². The molecule has 1 unspecified atom stereocenters. The Balaban J connectivity index is 2.11. The van der Waals surface area contributed by atoms with Crippen molar-refractivity contribution >= 4 is 11.6 Å². The quantitative estimate of drug-likeness (QED) is 0.785. The van der Waals surface area contributed by atoms with Crippen molar-refractivity contribution in [1.82, 2.24) is 10.2 Å². The second-order valence-corrected chi connectivity index (χ2v) is 6.91. The van der Waals surface area contributed by atoms with Gasteiger partial charge in [0, 0.05) is 45.3 Å². The van der Waals surface area contributed by atoms with Crippen molar-refractivity contribution in [2.75, 3.05) is 51.8 Å². The van der Waals surface area contributed by atoms with E-state index in [0.717, 1.165) is 39.1 Å². The van der Waals surface area contributed by atoms with E-state index in [-0.39, 0.29) is 17.9 Å². The van der Waals surface area contributed by atoms with Crippen LogP contribution in [0.5, 0.6) is 0 Å². The third-order valence-electron chi connectivity index (χ3n) is 5.11. The first-order valence-corrected chi connectivity index (χ1v) is 9.43. The van der Waals surface area contributed by atoms with Crippen LogP contribution < -0.4 is 10.2 Å². The van der Waals surface area contributed by atoms with Crippen molar-refractivity contribution in [3.8, 4) is 0 Å². The summed E-state index contributed by atoms with van der Waals surface area (Å²) in [5.74, 6) is 0.287. The molecule has 1 saturated heterocycles. The normalized spacial score (nSPS) is 16.7. The van der Waals surface area contributed by atoms with Crippen LogP contribution in [0.1, 0.15) is 38.3 Å². The number of anilines is 1. The molecule has 5 nitrogen and oxygen atoms in total. The SMILES string of the molecule is CCC(CC)C(=O)NCC(c1ccc(N(C)C)cc1)N1CCOCC1. The number of rotatable bonds is 8. The smallest absolute Gasteiger partial charge is 0.223 e. The molecule has 140 valence electrons. The number of nitrogens with one attached hydrogen (secondary N) is 1. The van der Waals surface area contributed by atoms with Crippen LogP contribution in [0.4, 0.5) is 5.69 Å². The van der Waals surface area contributed by atoms with Crippen molar-refractivity contribution in [3.05, 3.63) is 29.8 Å². The van der Waals surface area contributed by atoms with Gasteiger partial charge in [0.05, 0.1) is 19.3 Å². The Hall–Kier alpha value is -1.59. The van der Waals surface area contributed by atoms with Crippen LogP contribution in [0, 0.1) is 5.92 Å². The first-order valence-electron chi connectivity index (χ1n) is 9.43. The fourth-order valence-corrected chi connectivity index (χ4v) is 3.34. The molecule has 1 N–H and O–H groups in total. The highest BCUT2D eigenvalue weighted by Gasteiger charge is 2.24. The molecule has 0 aliphatic carbocycles. The molecule has 1 aromatic carbocycles. The molecular formula is C20H33N3O2. The minimum atomic E-state index is 0.112. The molecule has 0 spiro atoms. The standard InChI is InChI=1S/C20H33N3O2/c1-5-16(6-2)20(24)21-15-19(23-11-13-25-14-12-23)17-7-9-18(10-8-17)22(3)4/h7-10,16,19H,5-6,11-15H2,1-4H3,(H,21,24). The summed E-state index contributed by atoms with van der Waals surface area (Å²) < 4.78 is 5.50. The highest BCUT2D eigenvalue weighted by atomic mass is 16.5. The summed E-state index contributed by atoms with van der Waals surface area (Å²) in [4.78, 5) is 16.9. The Morgan fingerprint density at radius 1 is 1.16 bits per heavy atom. The lowest BCUT2D eigenvalue weighted by atomic mass is 10.0. The van der Waals surface area contributed by atoms with E-state index < -0.39 is 0 Å². The lowest BCUT2D eigenvalue weighted by molar-refractivity contribution is -0.125. The Labute approximate surface area is 152 Å². The van der Waals surface area contributed by atoms with E-state index in [1.807, 2.05) is 14.1 Å². The van der Waals surface area contributed by atoms with Crippen LogP contribution in [0.3, 0.4) is 0 Å². The molecule has 5 heteroatoms. The molecule has 0 aromatic heterocycles. The summed E-state index contributed by atoms with van der Waals surface area (Å²) in [7, 11) is 4.09. The molecule has 0 bridgehead atoms. The van der Waals surface area contributed by atoms with E-state index in [0.29, 0.717) is 6.54 Å². The largest absolute Gasteiger partial charge is 0.379 e. The van der Waals surface area contributed by atoms with Crippen LogP contribution in [0.15, 0.2) is 24.3 Å². The monoisotopic (exact) mass is 347 g/mol. The van der Waals surface area contributed by atoms with E-state index in [9.17, 15) is 4.79 Å². The summed E-state index contributed by atoms with van der Waals surface area (Å²) in [6, 6.07) is 8.84. The maximum atomic E-state index is 12.4. The first-order chi connectivity index (χ1) is 12.1. The van der Waals surface area contributed by atoms with E-state index in [1.54, 1.807) is 0 Å². The lowest BCUT2D eigenvalue weighted by Crippen LogP contribution is -2.44. The molecule has 1 atom stereocenters. The van der Waals surface area contributed by atoms with Crippen molar-refractivity contribution in [2.24, 2.45) is 5.92 Å². The number of amides is 1. The van der Waals surface area contributed by atoms with Crippen molar-refractivity contribution in [2.45, 2.75) is 32.7 Å². The summed E-state index contributed by atoms with van der Waals surface area (Å²) >= 11 is 0. The average Bonchev–Trinajstić information content (AvgIpc) is 2.64. The summed E-state index contributed by atoms with van der Waals surface area (Å²) in [6.45, 7) is 8.12. The molecule has 1 amide bonds. The lowest BCUT2D eigenvalue weighted by Gasteiger charge is -2.35. The molecule has 1 aliphatic heterocycles. The fourth-order valence-electron chi connectivity index (χ4n) is 3.34. The number of ether oxygens (including phenoxy) is 1. The second-order valence-electron chi connectivity index (χ2n) is 6.91. The van der Waals surface area contributed by atoms with Gasteiger partial charge in [-0.3, -0.25) is 9.69 Å².